The number of nitrogens with one attached hydrogen (secondary N) is 2. The molecule has 0 saturated carbocycles. The summed E-state index contributed by atoms with van der Waals surface area (Å²) in [7, 11) is 0. The highest BCUT2D eigenvalue weighted by Gasteiger charge is 2.15. The van der Waals surface area contributed by atoms with E-state index in [0.717, 1.165) is 25.2 Å². The zero-order chi connectivity index (χ0) is 20.8. The fourth-order valence-electron chi connectivity index (χ4n) is 3.06. The molecule has 2 aromatic heterocycles. The molecule has 3 aromatic rings. The first-order valence-electron chi connectivity index (χ1n) is 9.71. The van der Waals surface area contributed by atoms with Gasteiger partial charge in [0.1, 0.15) is 0 Å². The molecular formula is C21H26N6O2. The van der Waals surface area contributed by atoms with E-state index in [1.165, 1.54) is 22.5 Å². The average Bonchev–Trinajstić information content (AvgIpc) is 3.13. The van der Waals surface area contributed by atoms with Crippen LogP contribution < -0.4 is 10.9 Å². The van der Waals surface area contributed by atoms with Crippen molar-refractivity contribution in [3.05, 3.63) is 75.3 Å². The summed E-state index contributed by atoms with van der Waals surface area (Å²) in [4.78, 5) is 26.1. The third-order valence-electron chi connectivity index (χ3n) is 4.91. The van der Waals surface area contributed by atoms with Crippen LogP contribution in [0.4, 0.5) is 0 Å². The van der Waals surface area contributed by atoms with E-state index in [9.17, 15) is 9.59 Å². The maximum atomic E-state index is 12.6. The molecule has 0 aliphatic heterocycles. The van der Waals surface area contributed by atoms with Crippen molar-refractivity contribution in [1.29, 1.82) is 0 Å². The number of aromatic amines is 1. The summed E-state index contributed by atoms with van der Waals surface area (Å²) < 4.78 is 1.52. The van der Waals surface area contributed by atoms with Gasteiger partial charge in [0.05, 0.1) is 17.5 Å². The van der Waals surface area contributed by atoms with Crippen LogP contribution in [0.25, 0.3) is 5.82 Å². The Hall–Kier alpha value is -3.26. The van der Waals surface area contributed by atoms with E-state index in [1.54, 1.807) is 13.0 Å². The summed E-state index contributed by atoms with van der Waals surface area (Å²) in [5, 5.41) is 13.5. The number of carbonyl (C=O) groups excluding carboxylic acids is 1. The Morgan fingerprint density at radius 1 is 1.10 bits per heavy atom. The van der Waals surface area contributed by atoms with Crippen LogP contribution in [0, 0.1) is 6.92 Å². The molecule has 0 radical (unpaired) electrons. The van der Waals surface area contributed by atoms with Crippen LogP contribution in [0.5, 0.6) is 0 Å². The minimum atomic E-state index is -0.292. The van der Waals surface area contributed by atoms with Crippen LogP contribution in [-0.2, 0) is 13.1 Å². The molecule has 2 heterocycles. The van der Waals surface area contributed by atoms with Crippen LogP contribution in [0.2, 0.25) is 0 Å². The lowest BCUT2D eigenvalue weighted by molar-refractivity contribution is 0.0950. The van der Waals surface area contributed by atoms with Gasteiger partial charge < -0.3 is 5.32 Å². The fraction of sp³-hybridized carbons (Fsp3) is 0.333. The Kier molecular flexibility index (Phi) is 6.56. The van der Waals surface area contributed by atoms with Crippen molar-refractivity contribution in [1.82, 2.24) is 30.2 Å². The van der Waals surface area contributed by atoms with Gasteiger partial charge in [-0.2, -0.15) is 10.2 Å². The molecule has 152 valence electrons. The highest BCUT2D eigenvalue weighted by molar-refractivity contribution is 5.95. The zero-order valence-electron chi connectivity index (χ0n) is 17.0. The molecule has 29 heavy (non-hydrogen) atoms. The van der Waals surface area contributed by atoms with Crippen molar-refractivity contribution in [2.45, 2.75) is 33.9 Å². The second-order valence-corrected chi connectivity index (χ2v) is 6.80. The quantitative estimate of drug-likeness (QED) is 0.610. The minimum absolute atomic E-state index is 0.203. The van der Waals surface area contributed by atoms with Gasteiger partial charge in [-0.3, -0.25) is 14.5 Å². The van der Waals surface area contributed by atoms with Crippen LogP contribution in [-0.4, -0.2) is 43.9 Å². The average molecular weight is 394 g/mol. The number of amides is 1. The van der Waals surface area contributed by atoms with Gasteiger partial charge in [-0.15, -0.1) is 0 Å². The Balaban J connectivity index is 1.62. The molecule has 0 aliphatic rings. The summed E-state index contributed by atoms with van der Waals surface area (Å²) >= 11 is 0. The molecule has 2 N–H and O–H groups in total. The first-order chi connectivity index (χ1) is 14.0. The Bertz CT molecular complexity index is 998. The summed E-state index contributed by atoms with van der Waals surface area (Å²) in [5.74, 6) is 0.246. The number of rotatable bonds is 8. The second-order valence-electron chi connectivity index (χ2n) is 6.80. The summed E-state index contributed by atoms with van der Waals surface area (Å²) in [6.07, 6.45) is 1.50. The van der Waals surface area contributed by atoms with E-state index in [-0.39, 0.29) is 11.5 Å². The molecule has 0 aliphatic carbocycles. The van der Waals surface area contributed by atoms with E-state index < -0.39 is 0 Å². The van der Waals surface area contributed by atoms with Crippen molar-refractivity contribution in [2.24, 2.45) is 0 Å². The minimum Gasteiger partial charge on any atom is -0.348 e. The number of nitrogens with zero attached hydrogens (tertiary/aromatic N) is 4. The summed E-state index contributed by atoms with van der Waals surface area (Å²) in [6, 6.07) is 11.2. The van der Waals surface area contributed by atoms with E-state index in [0.29, 0.717) is 23.6 Å². The van der Waals surface area contributed by atoms with Crippen LogP contribution in [0.3, 0.4) is 0 Å². The van der Waals surface area contributed by atoms with Gasteiger partial charge in [-0.25, -0.2) is 9.78 Å². The number of aromatic nitrogens is 4. The Morgan fingerprint density at radius 3 is 2.41 bits per heavy atom. The first kappa shape index (κ1) is 20.5. The third kappa shape index (κ3) is 4.97. The lowest BCUT2D eigenvalue weighted by atomic mass is 10.1. The normalized spacial score (nSPS) is 11.0. The smallest absolute Gasteiger partial charge is 0.264 e. The topological polar surface area (TPSA) is 95.9 Å². The number of benzene rings is 1. The number of H-pyrrole nitrogens is 1. The van der Waals surface area contributed by atoms with Gasteiger partial charge in [0.2, 0.25) is 0 Å². The summed E-state index contributed by atoms with van der Waals surface area (Å²) in [6.45, 7) is 9.51. The predicted molar refractivity (Wildman–Crippen MR) is 111 cm³/mol. The highest BCUT2D eigenvalue weighted by atomic mass is 16.1. The molecule has 0 saturated heterocycles. The van der Waals surface area contributed by atoms with Crippen molar-refractivity contribution in [3.63, 3.8) is 0 Å². The van der Waals surface area contributed by atoms with Gasteiger partial charge in [0.25, 0.3) is 11.5 Å². The molecule has 1 aromatic carbocycles. The molecule has 1 amide bonds. The van der Waals surface area contributed by atoms with Gasteiger partial charge in [-0.05, 0) is 37.2 Å². The van der Waals surface area contributed by atoms with Gasteiger partial charge >= 0.3 is 0 Å². The Labute approximate surface area is 169 Å². The Morgan fingerprint density at radius 2 is 1.79 bits per heavy atom. The monoisotopic (exact) mass is 394 g/mol. The largest absolute Gasteiger partial charge is 0.348 e. The molecule has 0 fully saturated rings. The molecule has 0 bridgehead atoms. The highest BCUT2D eigenvalue weighted by Crippen LogP contribution is 2.12. The summed E-state index contributed by atoms with van der Waals surface area (Å²) in [5.41, 5.74) is 3.12. The van der Waals surface area contributed by atoms with Gasteiger partial charge in [-0.1, -0.05) is 38.1 Å². The third-order valence-corrected chi connectivity index (χ3v) is 4.91. The van der Waals surface area contributed by atoms with E-state index in [4.69, 9.17) is 0 Å². The number of hydrogen-bond donors (Lipinski definition) is 2. The van der Waals surface area contributed by atoms with Crippen molar-refractivity contribution >= 4 is 5.91 Å². The van der Waals surface area contributed by atoms with Crippen LogP contribution >= 0.6 is 0 Å². The standard InChI is InChI=1S/C21H26N6O2/c1-4-26(5-2)14-17-8-6-16(7-9-17)12-22-21(29)18-13-23-27(15(18)3)19-10-11-20(28)25-24-19/h6-11,13H,4-5,12,14H2,1-3H3,(H,22,29)(H,25,28). The predicted octanol–water partition coefficient (Wildman–Crippen LogP) is 2.04. The molecule has 0 atom stereocenters. The molecule has 0 unspecified atom stereocenters. The molecule has 0 spiro atoms. The maximum Gasteiger partial charge on any atom is 0.264 e. The van der Waals surface area contributed by atoms with E-state index in [1.807, 2.05) is 12.1 Å². The molecule has 8 nitrogen and oxygen atoms in total. The van der Waals surface area contributed by atoms with Crippen molar-refractivity contribution in [3.8, 4) is 5.82 Å². The van der Waals surface area contributed by atoms with Crippen molar-refractivity contribution < 1.29 is 4.79 Å². The lowest BCUT2D eigenvalue weighted by Crippen LogP contribution is -2.24. The van der Waals surface area contributed by atoms with Crippen molar-refractivity contribution in [2.75, 3.05) is 13.1 Å². The lowest BCUT2D eigenvalue weighted by Gasteiger charge is -2.18. The molecule has 3 rings (SSSR count). The first-order valence-corrected chi connectivity index (χ1v) is 9.71. The van der Waals surface area contributed by atoms with Gasteiger partial charge in [0.15, 0.2) is 5.82 Å². The van der Waals surface area contributed by atoms with Gasteiger partial charge in [0, 0.05) is 19.2 Å². The van der Waals surface area contributed by atoms with E-state index in [2.05, 4.69) is 51.5 Å². The maximum absolute atomic E-state index is 12.6. The van der Waals surface area contributed by atoms with Crippen LogP contribution in [0.1, 0.15) is 41.0 Å². The fourth-order valence-corrected chi connectivity index (χ4v) is 3.06. The number of carbonyl (C=O) groups is 1. The number of hydrogen-bond acceptors (Lipinski definition) is 5. The second kappa shape index (κ2) is 9.29. The zero-order valence-corrected chi connectivity index (χ0v) is 17.0. The SMILES string of the molecule is CCN(CC)Cc1ccc(CNC(=O)c2cnn(-c3ccc(=O)[nH]n3)c2C)cc1. The molecular weight excluding hydrogens is 368 g/mol. The molecule has 8 heteroatoms. The van der Waals surface area contributed by atoms with E-state index >= 15 is 0 Å². The van der Waals surface area contributed by atoms with Crippen LogP contribution in [0.15, 0.2) is 47.4 Å².